The summed E-state index contributed by atoms with van der Waals surface area (Å²) in [5.41, 5.74) is 2.19. The van der Waals surface area contributed by atoms with E-state index in [4.69, 9.17) is 51.4 Å². The van der Waals surface area contributed by atoms with Gasteiger partial charge in [0.15, 0.2) is 17.1 Å². The number of carbonyl (C=O) groups excluding carboxylic acids is 1. The van der Waals surface area contributed by atoms with Crippen LogP contribution in [0.3, 0.4) is 0 Å². The summed E-state index contributed by atoms with van der Waals surface area (Å²) in [6.07, 6.45) is 4.33. The van der Waals surface area contributed by atoms with E-state index in [1.54, 1.807) is 28.6 Å². The first-order valence-corrected chi connectivity index (χ1v) is 15.5. The third-order valence-corrected chi connectivity index (χ3v) is 10.2. The highest BCUT2D eigenvalue weighted by atomic mass is 35.6. The van der Waals surface area contributed by atoms with Crippen LogP contribution in [-0.4, -0.2) is 42.1 Å². The third kappa shape index (κ3) is 5.01. The summed E-state index contributed by atoms with van der Waals surface area (Å²) < 4.78 is 2.00. The van der Waals surface area contributed by atoms with Crippen molar-refractivity contribution >= 4 is 79.8 Å². The molecule has 2 unspecified atom stereocenters. The maximum atomic E-state index is 14.5. The van der Waals surface area contributed by atoms with Gasteiger partial charge in [-0.25, -0.2) is 14.2 Å². The van der Waals surface area contributed by atoms with Crippen molar-refractivity contribution in [1.29, 1.82) is 0 Å². The predicted molar refractivity (Wildman–Crippen MR) is 165 cm³/mol. The fourth-order valence-electron chi connectivity index (χ4n) is 5.48. The van der Waals surface area contributed by atoms with Gasteiger partial charge in [0.1, 0.15) is 0 Å². The van der Waals surface area contributed by atoms with Gasteiger partial charge in [0.05, 0.1) is 27.1 Å². The molecule has 6 rings (SSSR count). The average Bonchev–Trinajstić information content (AvgIpc) is 3.49. The molecule has 0 bridgehead atoms. The van der Waals surface area contributed by atoms with Crippen LogP contribution in [0, 0.1) is 0 Å². The first-order valence-electron chi connectivity index (χ1n) is 12.9. The molecule has 1 aliphatic carbocycles. The predicted octanol–water partition coefficient (Wildman–Crippen LogP) is 8.28. The summed E-state index contributed by atoms with van der Waals surface area (Å²) in [6, 6.07) is 27.0. The molecule has 3 aliphatic rings. The van der Waals surface area contributed by atoms with Crippen molar-refractivity contribution in [2.45, 2.75) is 48.1 Å². The lowest BCUT2D eigenvalue weighted by Crippen LogP contribution is -2.56. The molecule has 1 fully saturated rings. The molecule has 0 spiro atoms. The molecule has 202 valence electrons. The molecule has 2 aliphatic heterocycles. The van der Waals surface area contributed by atoms with Crippen LogP contribution >= 0.6 is 57.3 Å². The number of halogens is 4. The van der Waals surface area contributed by atoms with Crippen molar-refractivity contribution in [2.75, 3.05) is 4.31 Å². The number of amides is 1. The van der Waals surface area contributed by atoms with Gasteiger partial charge in [-0.15, -0.1) is 0 Å². The maximum absolute atomic E-state index is 14.5. The number of hydrogen-bond donors (Lipinski definition) is 0. The second-order valence-corrected chi connectivity index (χ2v) is 14.1. The minimum Gasteiger partial charge on any atom is -0.268 e. The summed E-state index contributed by atoms with van der Waals surface area (Å²) in [6.45, 7) is 0. The first kappa shape index (κ1) is 27.1. The van der Waals surface area contributed by atoms with Crippen LogP contribution in [0.15, 0.2) is 89.9 Å². The third-order valence-electron chi connectivity index (χ3n) is 7.21. The molecule has 5 nitrogen and oxygen atoms in total. The molecular weight excluding hydrogens is 594 g/mol. The largest absolute Gasteiger partial charge is 0.268 e. The minimum absolute atomic E-state index is 0.0879. The zero-order chi connectivity index (χ0) is 27.1. The molecule has 39 heavy (non-hydrogen) atoms. The Morgan fingerprint density at radius 3 is 2.10 bits per heavy atom. The maximum Gasteiger partial charge on any atom is 0.267 e. The number of amidine groups is 1. The summed E-state index contributed by atoms with van der Waals surface area (Å²) in [5.74, 6) is 0.446. The van der Waals surface area contributed by atoms with Crippen LogP contribution in [0.4, 0.5) is 5.69 Å². The lowest BCUT2D eigenvalue weighted by atomic mass is 9.94. The Morgan fingerprint density at radius 1 is 0.846 bits per heavy atom. The zero-order valence-electron chi connectivity index (χ0n) is 20.9. The first-order chi connectivity index (χ1) is 18.9. The van der Waals surface area contributed by atoms with Gasteiger partial charge >= 0.3 is 0 Å². The molecule has 0 saturated heterocycles. The van der Waals surface area contributed by atoms with Gasteiger partial charge in [0.25, 0.3) is 5.91 Å². The molecular formula is C29H26Cl4N4OS. The Morgan fingerprint density at radius 2 is 1.46 bits per heavy atom. The molecule has 1 saturated carbocycles. The smallest absolute Gasteiger partial charge is 0.267 e. The highest BCUT2D eigenvalue weighted by Gasteiger charge is 2.57. The fraction of sp³-hybridized carbons (Fsp3) is 0.276. The zero-order valence-corrected chi connectivity index (χ0v) is 24.7. The van der Waals surface area contributed by atoms with E-state index in [9.17, 15) is 4.79 Å². The van der Waals surface area contributed by atoms with E-state index in [0.717, 1.165) is 47.9 Å². The van der Waals surface area contributed by atoms with Crippen LogP contribution in [0.25, 0.3) is 0 Å². The molecule has 2 atom stereocenters. The number of alkyl halides is 3. The SMILES string of the molecule is O=C(c1ccccc1Cl)N1C(C(Cl)(Cl)Cl)N(C2CCCCC2)C2=S1N(c1ccccc1)C(c1ccccc1)=N2. The van der Waals surface area contributed by atoms with Crippen molar-refractivity contribution in [1.82, 2.24) is 9.21 Å². The van der Waals surface area contributed by atoms with Gasteiger partial charge in [0, 0.05) is 11.6 Å². The molecule has 3 aromatic rings. The van der Waals surface area contributed by atoms with E-state index in [1.807, 2.05) is 60.7 Å². The molecule has 0 aromatic heterocycles. The van der Waals surface area contributed by atoms with Crippen molar-refractivity contribution in [3.63, 3.8) is 0 Å². The Bertz CT molecular complexity index is 1440. The molecule has 0 radical (unpaired) electrons. The van der Waals surface area contributed by atoms with Crippen molar-refractivity contribution in [3.05, 3.63) is 101 Å². The van der Waals surface area contributed by atoms with E-state index >= 15 is 0 Å². The van der Waals surface area contributed by atoms with Gasteiger partial charge in [-0.05, 0) is 37.1 Å². The Kier molecular flexibility index (Phi) is 7.70. The number of hydrogen-bond acceptors (Lipinski definition) is 4. The van der Waals surface area contributed by atoms with Gasteiger partial charge in [-0.3, -0.25) is 9.10 Å². The number of para-hydroxylation sites is 1. The molecule has 3 aromatic carbocycles. The Labute approximate surface area is 251 Å². The number of benzene rings is 3. The van der Waals surface area contributed by atoms with Crippen molar-refractivity contribution in [3.8, 4) is 0 Å². The van der Waals surface area contributed by atoms with Crippen molar-refractivity contribution in [2.24, 2.45) is 4.99 Å². The normalized spacial score (nSPS) is 22.3. The second kappa shape index (κ2) is 11.1. The second-order valence-electron chi connectivity index (χ2n) is 9.70. The number of aliphatic imine (C=N–C) groups is 1. The quantitative estimate of drug-likeness (QED) is 0.218. The van der Waals surface area contributed by atoms with Gasteiger partial charge in [-0.2, -0.15) is 0 Å². The topological polar surface area (TPSA) is 39.2 Å². The van der Waals surface area contributed by atoms with E-state index in [0.29, 0.717) is 10.6 Å². The van der Waals surface area contributed by atoms with Crippen LogP contribution in [-0.2, 0) is 0 Å². The highest BCUT2D eigenvalue weighted by molar-refractivity contribution is 8.16. The van der Waals surface area contributed by atoms with E-state index in [2.05, 4.69) is 9.21 Å². The molecule has 0 N–H and O–H groups in total. The minimum atomic E-state index is -1.80. The van der Waals surface area contributed by atoms with E-state index < -0.39 is 20.8 Å². The van der Waals surface area contributed by atoms with Crippen LogP contribution < -0.4 is 4.31 Å². The summed E-state index contributed by atoms with van der Waals surface area (Å²) in [4.78, 5) is 21.8. The molecule has 1 amide bonds. The number of carbonyl (C=O) groups is 1. The lowest BCUT2D eigenvalue weighted by Gasteiger charge is -2.42. The van der Waals surface area contributed by atoms with Crippen LogP contribution in [0.2, 0.25) is 5.02 Å². The summed E-state index contributed by atoms with van der Waals surface area (Å²) >= 11 is 26.9. The van der Waals surface area contributed by atoms with Crippen LogP contribution in [0.5, 0.6) is 0 Å². The standard InChI is InChI=1S/C29H26Cl4N4OS/c30-24-19-11-10-18-23(24)26(38)37-27(29(31,32)33)35(21-14-6-2-7-15-21)28-34-25(20-12-4-1-5-13-20)36(39(28)37)22-16-8-3-9-17-22/h1,3-5,8-13,16-19,21,27H,2,6-7,14-15H2. The lowest BCUT2D eigenvalue weighted by molar-refractivity contribution is 0.0695. The Balaban J connectivity index is 1.59. The van der Waals surface area contributed by atoms with Gasteiger partial charge in [0.2, 0.25) is 3.79 Å². The number of rotatable bonds is 4. The average molecular weight is 620 g/mol. The Hall–Kier alpha value is -2.06. The highest BCUT2D eigenvalue weighted by Crippen LogP contribution is 2.53. The molecule has 2 heterocycles. The number of nitrogens with zero attached hydrogens (tertiary/aromatic N) is 4. The summed E-state index contributed by atoms with van der Waals surface area (Å²) in [5, 5.41) is 1.09. The van der Waals surface area contributed by atoms with Crippen LogP contribution in [0.1, 0.15) is 48.0 Å². The van der Waals surface area contributed by atoms with Crippen molar-refractivity contribution < 1.29 is 4.79 Å². The van der Waals surface area contributed by atoms with E-state index in [-0.39, 0.29) is 11.9 Å². The summed E-state index contributed by atoms with van der Waals surface area (Å²) in [7, 11) is -1.03. The van der Waals surface area contributed by atoms with Gasteiger partial charge < -0.3 is 0 Å². The number of anilines is 1. The van der Waals surface area contributed by atoms with Gasteiger partial charge in [-0.1, -0.05) is 126 Å². The monoisotopic (exact) mass is 618 g/mol. The fourth-order valence-corrected chi connectivity index (χ4v) is 8.94. The molecule has 10 heteroatoms. The van der Waals surface area contributed by atoms with E-state index in [1.165, 1.54) is 6.42 Å².